The van der Waals surface area contributed by atoms with Gasteiger partial charge in [-0.1, -0.05) is 151 Å². The van der Waals surface area contributed by atoms with Crippen LogP contribution in [0.4, 0.5) is 0 Å². The lowest BCUT2D eigenvalue weighted by atomic mass is 10.0. The van der Waals surface area contributed by atoms with E-state index in [1.807, 2.05) is 35.7 Å². The predicted octanol–water partition coefficient (Wildman–Crippen LogP) is 13.8. The van der Waals surface area contributed by atoms with Gasteiger partial charge < -0.3 is 4.57 Å². The van der Waals surface area contributed by atoms with Gasteiger partial charge >= 0.3 is 0 Å². The van der Waals surface area contributed by atoms with Crippen LogP contribution in [0.25, 0.3) is 83.3 Å². The largest absolute Gasteiger partial charge is 0.308 e. The van der Waals surface area contributed by atoms with Crippen LogP contribution in [0.5, 0.6) is 0 Å². The van der Waals surface area contributed by atoms with Crippen molar-refractivity contribution in [2.75, 3.05) is 0 Å². The van der Waals surface area contributed by atoms with Crippen molar-refractivity contribution in [2.24, 2.45) is 0 Å². The SMILES string of the molecule is C1=CCC2Sc3c(ccc4c5cc6ccccc6cc5n(-c5ccc(-c6cccc(-c7nc(-c8ccccc8)cc(-c8ccccc8)n7)c6)cc5)c34)SC2=C1. The van der Waals surface area contributed by atoms with E-state index >= 15 is 0 Å². The van der Waals surface area contributed by atoms with Crippen molar-refractivity contribution >= 4 is 56.1 Å². The minimum absolute atomic E-state index is 0.453. The fourth-order valence-corrected chi connectivity index (χ4v) is 10.7. The third-order valence-electron chi connectivity index (χ3n) is 10.7. The Kier molecular flexibility index (Phi) is 7.82. The molecule has 7 aromatic carbocycles. The first-order valence-corrected chi connectivity index (χ1v) is 20.4. The molecule has 1 aliphatic heterocycles. The fraction of sp³-hybridized carbons (Fsp3) is 0.0400. The zero-order valence-corrected chi connectivity index (χ0v) is 31.4. The van der Waals surface area contributed by atoms with Gasteiger partial charge in [-0.25, -0.2) is 9.97 Å². The lowest BCUT2D eigenvalue weighted by Crippen LogP contribution is -2.10. The Morgan fingerprint density at radius 1 is 0.545 bits per heavy atom. The van der Waals surface area contributed by atoms with E-state index in [0.717, 1.165) is 51.3 Å². The number of allylic oxidation sites excluding steroid dienone is 3. The first kappa shape index (κ1) is 32.3. The van der Waals surface area contributed by atoms with Crippen LogP contribution >= 0.6 is 23.5 Å². The van der Waals surface area contributed by atoms with Crippen molar-refractivity contribution < 1.29 is 0 Å². The maximum Gasteiger partial charge on any atom is 0.160 e. The van der Waals surface area contributed by atoms with Gasteiger partial charge in [0.25, 0.3) is 0 Å². The third kappa shape index (κ3) is 5.70. The molecule has 3 nitrogen and oxygen atoms in total. The summed E-state index contributed by atoms with van der Waals surface area (Å²) in [5, 5.41) is 5.56. The maximum atomic E-state index is 5.10. The summed E-state index contributed by atoms with van der Waals surface area (Å²) in [6, 6.07) is 58.6. The summed E-state index contributed by atoms with van der Waals surface area (Å²) in [7, 11) is 0. The highest BCUT2D eigenvalue weighted by atomic mass is 32.2. The summed E-state index contributed by atoms with van der Waals surface area (Å²) in [5.41, 5.74) is 10.9. The molecule has 0 radical (unpaired) electrons. The number of fused-ring (bicyclic) bond motifs is 7. The maximum absolute atomic E-state index is 5.10. The van der Waals surface area contributed by atoms with Crippen LogP contribution in [0.1, 0.15) is 6.42 Å². The van der Waals surface area contributed by atoms with E-state index in [1.54, 1.807) is 0 Å². The van der Waals surface area contributed by atoms with Crippen LogP contribution in [-0.4, -0.2) is 19.8 Å². The Morgan fingerprint density at radius 2 is 1.22 bits per heavy atom. The second kappa shape index (κ2) is 13.3. The average Bonchev–Trinajstić information content (AvgIpc) is 3.59. The predicted molar refractivity (Wildman–Crippen MR) is 233 cm³/mol. The molecule has 55 heavy (non-hydrogen) atoms. The molecule has 0 fully saturated rings. The molecule has 5 heteroatoms. The van der Waals surface area contributed by atoms with Gasteiger partial charge in [-0.05, 0) is 70.8 Å². The summed E-state index contributed by atoms with van der Waals surface area (Å²) >= 11 is 3.96. The van der Waals surface area contributed by atoms with Gasteiger partial charge in [0.15, 0.2) is 5.82 Å². The molecule has 3 heterocycles. The molecule has 1 unspecified atom stereocenters. The van der Waals surface area contributed by atoms with Crippen molar-refractivity contribution in [3.05, 3.63) is 187 Å². The number of benzene rings is 7. The molecule has 0 bridgehead atoms. The first-order chi connectivity index (χ1) is 27.2. The second-order valence-corrected chi connectivity index (χ2v) is 16.4. The lowest BCUT2D eigenvalue weighted by Gasteiger charge is -2.28. The van der Waals surface area contributed by atoms with Crippen LogP contribution < -0.4 is 0 Å². The monoisotopic (exact) mass is 739 g/mol. The highest BCUT2D eigenvalue weighted by Gasteiger charge is 2.29. The molecule has 2 aliphatic rings. The Morgan fingerprint density at radius 3 is 1.96 bits per heavy atom. The number of thioether (sulfide) groups is 2. The van der Waals surface area contributed by atoms with E-state index in [4.69, 9.17) is 9.97 Å². The van der Waals surface area contributed by atoms with E-state index in [9.17, 15) is 0 Å². The molecular weight excluding hydrogens is 707 g/mol. The minimum Gasteiger partial charge on any atom is -0.308 e. The third-order valence-corrected chi connectivity index (χ3v) is 13.6. The second-order valence-electron chi connectivity index (χ2n) is 14.1. The summed E-state index contributed by atoms with van der Waals surface area (Å²) in [4.78, 5) is 14.4. The molecule has 2 aromatic heterocycles. The topological polar surface area (TPSA) is 30.7 Å². The van der Waals surface area contributed by atoms with Gasteiger partial charge in [-0.3, -0.25) is 0 Å². The van der Waals surface area contributed by atoms with Crippen molar-refractivity contribution in [1.82, 2.24) is 14.5 Å². The van der Waals surface area contributed by atoms with Gasteiger partial charge in [0.05, 0.1) is 22.4 Å². The molecule has 260 valence electrons. The van der Waals surface area contributed by atoms with E-state index in [1.165, 1.54) is 47.3 Å². The quantitative estimate of drug-likeness (QED) is 0.176. The molecule has 0 N–H and O–H groups in total. The van der Waals surface area contributed by atoms with E-state index in [-0.39, 0.29) is 0 Å². The zero-order valence-electron chi connectivity index (χ0n) is 29.8. The van der Waals surface area contributed by atoms with Crippen LogP contribution in [0, 0.1) is 0 Å². The summed E-state index contributed by atoms with van der Waals surface area (Å²) in [6.45, 7) is 0. The molecular formula is C50H33N3S2. The van der Waals surface area contributed by atoms with Crippen LogP contribution in [0.2, 0.25) is 0 Å². The van der Waals surface area contributed by atoms with Crippen molar-refractivity contribution in [3.8, 4) is 50.7 Å². The molecule has 0 spiro atoms. The highest BCUT2D eigenvalue weighted by molar-refractivity contribution is 8.09. The van der Waals surface area contributed by atoms with Gasteiger partial charge in [0.1, 0.15) is 0 Å². The van der Waals surface area contributed by atoms with Gasteiger partial charge in [0.2, 0.25) is 0 Å². The van der Waals surface area contributed by atoms with Gasteiger partial charge in [0, 0.05) is 53.1 Å². The van der Waals surface area contributed by atoms with E-state index in [0.29, 0.717) is 11.1 Å². The van der Waals surface area contributed by atoms with Crippen molar-refractivity contribution in [3.63, 3.8) is 0 Å². The molecule has 9 aromatic rings. The van der Waals surface area contributed by atoms with E-state index < -0.39 is 0 Å². The number of aromatic nitrogens is 3. The number of rotatable bonds is 5. The smallest absolute Gasteiger partial charge is 0.160 e. The van der Waals surface area contributed by atoms with Crippen LogP contribution in [0.3, 0.4) is 0 Å². The first-order valence-electron chi connectivity index (χ1n) is 18.7. The standard InChI is InChI=1S/C50H33N3S2/c1-3-12-33(13-4-1)42-31-43(34-14-5-2-6-15-34)52-50(51-42)38-19-11-18-35(28-38)32-22-24-39(25-23-32)53-44-30-37-17-8-7-16-36(37)29-41(44)40-26-27-47-49(48(40)53)55-46-21-10-9-20-45(46)54-47/h1-20,22-31,46H,21H2. The summed E-state index contributed by atoms with van der Waals surface area (Å²) < 4.78 is 2.51. The molecule has 1 atom stereocenters. The average molecular weight is 740 g/mol. The van der Waals surface area contributed by atoms with Gasteiger partial charge in [-0.2, -0.15) is 0 Å². The molecule has 1 aliphatic carbocycles. The van der Waals surface area contributed by atoms with Crippen molar-refractivity contribution in [2.45, 2.75) is 21.5 Å². The highest BCUT2D eigenvalue weighted by Crippen LogP contribution is 2.53. The molecule has 0 saturated heterocycles. The van der Waals surface area contributed by atoms with E-state index in [2.05, 4.69) is 174 Å². The molecule has 11 rings (SSSR count). The van der Waals surface area contributed by atoms with Crippen LogP contribution in [0.15, 0.2) is 197 Å². The molecule has 0 amide bonds. The minimum atomic E-state index is 0.453. The van der Waals surface area contributed by atoms with Crippen LogP contribution in [-0.2, 0) is 0 Å². The number of hydrogen-bond acceptors (Lipinski definition) is 4. The normalized spacial score (nSPS) is 14.9. The Balaban J connectivity index is 1.03. The number of hydrogen-bond donors (Lipinski definition) is 0. The van der Waals surface area contributed by atoms with Crippen molar-refractivity contribution in [1.29, 1.82) is 0 Å². The Bertz CT molecular complexity index is 2940. The summed E-state index contributed by atoms with van der Waals surface area (Å²) in [5.74, 6) is 0.711. The summed E-state index contributed by atoms with van der Waals surface area (Å²) in [6.07, 6.45) is 7.87. The number of nitrogens with zero attached hydrogens (tertiary/aromatic N) is 3. The molecule has 0 saturated carbocycles. The Labute approximate surface area is 328 Å². The Hall–Kier alpha value is -6.14. The van der Waals surface area contributed by atoms with Gasteiger partial charge in [-0.15, -0.1) is 11.8 Å². The zero-order chi connectivity index (χ0) is 36.3. The lowest BCUT2D eigenvalue weighted by molar-refractivity contribution is 1.02. The fourth-order valence-electron chi connectivity index (χ4n) is 8.00.